The number of furan rings is 1. The van der Waals surface area contributed by atoms with Gasteiger partial charge in [0.1, 0.15) is 23.2 Å². The van der Waals surface area contributed by atoms with E-state index in [1.807, 2.05) is 39.0 Å². The van der Waals surface area contributed by atoms with Crippen molar-refractivity contribution >= 4 is 23.6 Å². The van der Waals surface area contributed by atoms with Gasteiger partial charge in [0.15, 0.2) is 0 Å². The van der Waals surface area contributed by atoms with Crippen LogP contribution < -0.4 is 5.32 Å². The molecule has 2 aromatic carbocycles. The van der Waals surface area contributed by atoms with Gasteiger partial charge in [-0.15, -0.1) is 0 Å². The predicted octanol–water partition coefficient (Wildman–Crippen LogP) is 5.68. The quantitative estimate of drug-likeness (QED) is 0.297. The Morgan fingerprint density at radius 2 is 1.81 bits per heavy atom. The molecule has 162 valence electrons. The summed E-state index contributed by atoms with van der Waals surface area (Å²) in [6, 6.07) is 17.8. The van der Waals surface area contributed by atoms with Crippen molar-refractivity contribution < 1.29 is 18.7 Å². The lowest BCUT2D eigenvalue weighted by atomic mass is 10.1. The first-order chi connectivity index (χ1) is 15.4. The Morgan fingerprint density at radius 3 is 2.47 bits per heavy atom. The summed E-state index contributed by atoms with van der Waals surface area (Å²) in [4.78, 5) is 24.4. The molecule has 32 heavy (non-hydrogen) atoms. The molecule has 0 atom stereocenters. The fourth-order valence-electron chi connectivity index (χ4n) is 2.94. The maximum Gasteiger partial charge on any atom is 0.338 e. The SMILES string of the molecule is CCCOC(=O)c1ccc(-c2ccc(C=C(C#N)C(=O)Nc3ccc(C)c(C)c3)o2)cc1. The number of benzene rings is 2. The number of amides is 1. The molecule has 0 aliphatic carbocycles. The van der Waals surface area contributed by atoms with E-state index in [4.69, 9.17) is 9.15 Å². The standard InChI is InChI=1S/C26H24N2O4/c1-4-13-31-26(30)20-8-6-19(7-9-20)24-12-11-23(32-24)15-21(16-27)25(29)28-22-10-5-17(2)18(3)14-22/h5-12,14-15H,4,13H2,1-3H3,(H,28,29). The zero-order chi connectivity index (χ0) is 23.1. The van der Waals surface area contributed by atoms with E-state index in [1.54, 1.807) is 42.5 Å². The lowest BCUT2D eigenvalue weighted by Crippen LogP contribution is -2.13. The molecule has 0 unspecified atom stereocenters. The summed E-state index contributed by atoms with van der Waals surface area (Å²) in [5.74, 6) is 0.0494. The lowest BCUT2D eigenvalue weighted by molar-refractivity contribution is -0.112. The third-order valence-electron chi connectivity index (χ3n) is 4.89. The van der Waals surface area contributed by atoms with Crippen molar-refractivity contribution in [2.75, 3.05) is 11.9 Å². The largest absolute Gasteiger partial charge is 0.462 e. The second-order valence-corrected chi connectivity index (χ2v) is 7.34. The molecule has 0 spiro atoms. The van der Waals surface area contributed by atoms with Crippen molar-refractivity contribution in [3.8, 4) is 17.4 Å². The Morgan fingerprint density at radius 1 is 1.06 bits per heavy atom. The Balaban J connectivity index is 1.73. The van der Waals surface area contributed by atoms with Crippen LogP contribution in [-0.2, 0) is 9.53 Å². The average Bonchev–Trinajstić information content (AvgIpc) is 3.27. The molecule has 0 saturated heterocycles. The molecule has 1 aromatic heterocycles. The lowest BCUT2D eigenvalue weighted by Gasteiger charge is -2.06. The Hall–Kier alpha value is -4.11. The van der Waals surface area contributed by atoms with Gasteiger partial charge in [0.25, 0.3) is 5.91 Å². The third kappa shape index (κ3) is 5.52. The molecule has 0 radical (unpaired) electrons. The maximum absolute atomic E-state index is 12.5. The van der Waals surface area contributed by atoms with Crippen LogP contribution in [0.3, 0.4) is 0 Å². The molecule has 3 rings (SSSR count). The van der Waals surface area contributed by atoms with Gasteiger partial charge in [-0.2, -0.15) is 5.26 Å². The minimum atomic E-state index is -0.511. The minimum Gasteiger partial charge on any atom is -0.462 e. The highest BCUT2D eigenvalue weighted by molar-refractivity contribution is 6.09. The van der Waals surface area contributed by atoms with Gasteiger partial charge in [0.2, 0.25) is 0 Å². The molecule has 0 bridgehead atoms. The van der Waals surface area contributed by atoms with Gasteiger partial charge in [-0.05, 0) is 67.8 Å². The van der Waals surface area contributed by atoms with Crippen LogP contribution in [0.2, 0.25) is 0 Å². The number of anilines is 1. The average molecular weight is 428 g/mol. The van der Waals surface area contributed by atoms with Crippen molar-refractivity contribution in [3.63, 3.8) is 0 Å². The van der Waals surface area contributed by atoms with Crippen LogP contribution in [0.4, 0.5) is 5.69 Å². The summed E-state index contributed by atoms with van der Waals surface area (Å²) in [5.41, 5.74) is 3.94. The van der Waals surface area contributed by atoms with Crippen molar-refractivity contribution in [2.24, 2.45) is 0 Å². The second kappa shape index (κ2) is 10.3. The molecule has 1 N–H and O–H groups in total. The van der Waals surface area contributed by atoms with Gasteiger partial charge in [0.05, 0.1) is 12.2 Å². The number of ether oxygens (including phenoxy) is 1. The summed E-state index contributed by atoms with van der Waals surface area (Å²) in [5, 5.41) is 12.2. The molecular weight excluding hydrogens is 404 g/mol. The summed E-state index contributed by atoms with van der Waals surface area (Å²) in [6.07, 6.45) is 2.16. The normalized spacial score (nSPS) is 11.0. The third-order valence-corrected chi connectivity index (χ3v) is 4.89. The van der Waals surface area contributed by atoms with Gasteiger partial charge >= 0.3 is 5.97 Å². The van der Waals surface area contributed by atoms with Crippen molar-refractivity contribution in [1.82, 2.24) is 0 Å². The van der Waals surface area contributed by atoms with E-state index < -0.39 is 5.91 Å². The number of nitriles is 1. The molecule has 1 amide bonds. The van der Waals surface area contributed by atoms with Crippen LogP contribution in [0, 0.1) is 25.2 Å². The van der Waals surface area contributed by atoms with E-state index in [0.29, 0.717) is 29.4 Å². The maximum atomic E-state index is 12.5. The monoisotopic (exact) mass is 428 g/mol. The Kier molecular flexibility index (Phi) is 7.25. The highest BCUT2D eigenvalue weighted by Gasteiger charge is 2.13. The molecule has 6 nitrogen and oxygen atoms in total. The first kappa shape index (κ1) is 22.6. The van der Waals surface area contributed by atoms with Crippen LogP contribution in [0.25, 0.3) is 17.4 Å². The molecule has 0 aliphatic rings. The van der Waals surface area contributed by atoms with Crippen molar-refractivity contribution in [2.45, 2.75) is 27.2 Å². The van der Waals surface area contributed by atoms with Crippen molar-refractivity contribution in [3.05, 3.63) is 82.6 Å². The number of carbonyl (C=O) groups excluding carboxylic acids is 2. The van der Waals surface area contributed by atoms with Gasteiger partial charge in [0, 0.05) is 17.3 Å². The van der Waals surface area contributed by atoms with Crippen LogP contribution in [0.15, 0.2) is 64.6 Å². The number of nitrogens with one attached hydrogen (secondary N) is 1. The topological polar surface area (TPSA) is 92.3 Å². The highest BCUT2D eigenvalue weighted by Crippen LogP contribution is 2.24. The van der Waals surface area contributed by atoms with Crippen LogP contribution in [0.5, 0.6) is 0 Å². The van der Waals surface area contributed by atoms with Gasteiger partial charge in [-0.1, -0.05) is 25.1 Å². The van der Waals surface area contributed by atoms with E-state index in [1.165, 1.54) is 6.08 Å². The van der Waals surface area contributed by atoms with Crippen molar-refractivity contribution in [1.29, 1.82) is 5.26 Å². The van der Waals surface area contributed by atoms with E-state index in [9.17, 15) is 14.9 Å². The van der Waals surface area contributed by atoms with Gasteiger partial charge < -0.3 is 14.5 Å². The zero-order valence-corrected chi connectivity index (χ0v) is 18.3. The number of hydrogen-bond donors (Lipinski definition) is 1. The van der Waals surface area contributed by atoms with Gasteiger partial charge in [-0.3, -0.25) is 4.79 Å². The van der Waals surface area contributed by atoms with Crippen LogP contribution >= 0.6 is 0 Å². The molecule has 1 heterocycles. The summed E-state index contributed by atoms with van der Waals surface area (Å²) in [7, 11) is 0. The Labute approximate surface area is 187 Å². The number of nitrogens with zero attached hydrogens (tertiary/aromatic N) is 1. The van der Waals surface area contributed by atoms with E-state index >= 15 is 0 Å². The summed E-state index contributed by atoms with van der Waals surface area (Å²) in [6.45, 7) is 6.26. The van der Waals surface area contributed by atoms with E-state index in [2.05, 4.69) is 5.32 Å². The first-order valence-corrected chi connectivity index (χ1v) is 10.3. The zero-order valence-electron chi connectivity index (χ0n) is 18.3. The fraction of sp³-hybridized carbons (Fsp3) is 0.192. The number of hydrogen-bond acceptors (Lipinski definition) is 5. The van der Waals surface area contributed by atoms with Crippen LogP contribution in [-0.4, -0.2) is 18.5 Å². The number of carbonyl (C=O) groups is 2. The molecule has 0 fully saturated rings. The number of rotatable bonds is 7. The predicted molar refractivity (Wildman–Crippen MR) is 123 cm³/mol. The smallest absolute Gasteiger partial charge is 0.338 e. The first-order valence-electron chi connectivity index (χ1n) is 10.3. The summed E-state index contributed by atoms with van der Waals surface area (Å²) < 4.78 is 10.9. The highest BCUT2D eigenvalue weighted by atomic mass is 16.5. The van der Waals surface area contributed by atoms with Crippen LogP contribution in [0.1, 0.15) is 40.6 Å². The van der Waals surface area contributed by atoms with Gasteiger partial charge in [-0.25, -0.2) is 4.79 Å². The minimum absolute atomic E-state index is 0.0712. The second-order valence-electron chi connectivity index (χ2n) is 7.34. The molecule has 6 heteroatoms. The summed E-state index contributed by atoms with van der Waals surface area (Å²) >= 11 is 0. The molecular formula is C26H24N2O4. The molecule has 0 aliphatic heterocycles. The van der Waals surface area contributed by atoms with E-state index in [0.717, 1.165) is 23.1 Å². The Bertz CT molecular complexity index is 1200. The number of esters is 1. The fourth-order valence-corrected chi connectivity index (χ4v) is 2.94. The molecule has 0 saturated carbocycles. The molecule has 3 aromatic rings. The number of aryl methyl sites for hydroxylation is 2. The van der Waals surface area contributed by atoms with E-state index in [-0.39, 0.29) is 11.5 Å².